The van der Waals surface area contributed by atoms with Gasteiger partial charge >= 0.3 is 5.97 Å². The highest BCUT2D eigenvalue weighted by Gasteiger charge is 2.17. The Balaban J connectivity index is 1.75. The Labute approximate surface area is 153 Å². The third-order valence-electron chi connectivity index (χ3n) is 3.61. The van der Waals surface area contributed by atoms with Gasteiger partial charge in [-0.25, -0.2) is 9.78 Å². The van der Waals surface area contributed by atoms with Gasteiger partial charge in [0.25, 0.3) is 0 Å². The maximum absolute atomic E-state index is 11.7. The molecule has 1 aromatic carbocycles. The van der Waals surface area contributed by atoms with Crippen molar-refractivity contribution in [3.05, 3.63) is 41.9 Å². The van der Waals surface area contributed by atoms with E-state index in [1.165, 1.54) is 25.1 Å². The number of carbonyl (C=O) groups excluding carboxylic acids is 1. The molecule has 0 amide bonds. The van der Waals surface area contributed by atoms with Gasteiger partial charge in [-0.1, -0.05) is 11.8 Å². The average Bonchev–Trinajstić information content (AvgIpc) is 3.34. The van der Waals surface area contributed by atoms with E-state index < -0.39 is 5.97 Å². The summed E-state index contributed by atoms with van der Waals surface area (Å²) in [6.45, 7) is 0. The summed E-state index contributed by atoms with van der Waals surface area (Å²) in [5.41, 5.74) is 1.16. The number of nitrogens with zero attached hydrogens (tertiary/aromatic N) is 2. The Bertz CT molecular complexity index is 905. The molecule has 136 valence electrons. The zero-order valence-corrected chi connectivity index (χ0v) is 15.3. The predicted octanol–water partition coefficient (Wildman–Crippen LogP) is 3.16. The molecule has 0 unspecified atom stereocenters. The SMILES string of the molecule is COC(=O)c1ccoc1CSc1n[nH]c(-c2ccc(OC)cc2OC)n1. The van der Waals surface area contributed by atoms with E-state index in [9.17, 15) is 4.79 Å². The first kappa shape index (κ1) is 17.9. The van der Waals surface area contributed by atoms with Gasteiger partial charge in [0.05, 0.1) is 38.9 Å². The summed E-state index contributed by atoms with van der Waals surface area (Å²) >= 11 is 1.34. The van der Waals surface area contributed by atoms with Crippen molar-refractivity contribution in [1.29, 1.82) is 0 Å². The Morgan fingerprint density at radius 1 is 1.23 bits per heavy atom. The predicted molar refractivity (Wildman–Crippen MR) is 94.5 cm³/mol. The van der Waals surface area contributed by atoms with Crippen molar-refractivity contribution in [1.82, 2.24) is 15.2 Å². The molecule has 8 nitrogen and oxygen atoms in total. The number of ether oxygens (including phenoxy) is 3. The molecule has 0 aliphatic carbocycles. The van der Waals surface area contributed by atoms with Crippen molar-refractivity contribution in [3.63, 3.8) is 0 Å². The van der Waals surface area contributed by atoms with Crippen LogP contribution in [0.4, 0.5) is 0 Å². The van der Waals surface area contributed by atoms with E-state index in [0.29, 0.717) is 39.6 Å². The van der Waals surface area contributed by atoms with Crippen molar-refractivity contribution in [2.75, 3.05) is 21.3 Å². The first-order valence-electron chi connectivity index (χ1n) is 7.58. The van der Waals surface area contributed by atoms with E-state index >= 15 is 0 Å². The minimum absolute atomic E-state index is 0.396. The van der Waals surface area contributed by atoms with Crippen LogP contribution in [0.25, 0.3) is 11.4 Å². The van der Waals surface area contributed by atoms with Crippen molar-refractivity contribution < 1.29 is 23.4 Å². The number of esters is 1. The Hall–Kier alpha value is -2.94. The summed E-state index contributed by atoms with van der Waals surface area (Å²) in [5, 5.41) is 7.59. The lowest BCUT2D eigenvalue weighted by Crippen LogP contribution is -2.02. The molecule has 1 N–H and O–H groups in total. The normalized spacial score (nSPS) is 10.6. The van der Waals surface area contributed by atoms with E-state index in [-0.39, 0.29) is 0 Å². The fraction of sp³-hybridized carbons (Fsp3) is 0.235. The van der Waals surface area contributed by atoms with Crippen LogP contribution in [0.1, 0.15) is 16.1 Å². The number of thioether (sulfide) groups is 1. The van der Waals surface area contributed by atoms with Crippen LogP contribution < -0.4 is 9.47 Å². The van der Waals surface area contributed by atoms with Crippen LogP contribution in [-0.4, -0.2) is 42.5 Å². The number of methoxy groups -OCH3 is 3. The van der Waals surface area contributed by atoms with Gasteiger partial charge in [0.1, 0.15) is 22.8 Å². The number of aromatic nitrogens is 3. The van der Waals surface area contributed by atoms with Crippen LogP contribution in [0.2, 0.25) is 0 Å². The van der Waals surface area contributed by atoms with Gasteiger partial charge in [0.15, 0.2) is 5.82 Å². The number of nitrogens with one attached hydrogen (secondary N) is 1. The van der Waals surface area contributed by atoms with E-state index in [2.05, 4.69) is 15.2 Å². The monoisotopic (exact) mass is 375 g/mol. The smallest absolute Gasteiger partial charge is 0.341 e. The van der Waals surface area contributed by atoms with Crippen LogP contribution in [0.15, 0.2) is 40.1 Å². The molecule has 0 spiro atoms. The number of hydrogen-bond acceptors (Lipinski definition) is 8. The van der Waals surface area contributed by atoms with Crippen LogP contribution in [0, 0.1) is 0 Å². The standard InChI is InChI=1S/C17H17N3O5S/c1-22-10-4-5-11(13(8-10)23-2)15-18-17(20-19-15)26-9-14-12(6-7-25-14)16(21)24-3/h4-8H,9H2,1-3H3,(H,18,19,20). The molecule has 0 atom stereocenters. The number of aromatic amines is 1. The first-order valence-corrected chi connectivity index (χ1v) is 8.57. The molecule has 0 aliphatic rings. The lowest BCUT2D eigenvalue weighted by Gasteiger charge is -2.07. The summed E-state index contributed by atoms with van der Waals surface area (Å²) in [5.74, 6) is 2.35. The summed E-state index contributed by atoms with van der Waals surface area (Å²) in [7, 11) is 4.50. The molecule has 0 saturated heterocycles. The van der Waals surface area contributed by atoms with Crippen molar-refractivity contribution in [2.45, 2.75) is 10.9 Å². The Morgan fingerprint density at radius 3 is 2.81 bits per heavy atom. The highest BCUT2D eigenvalue weighted by Crippen LogP contribution is 2.32. The van der Waals surface area contributed by atoms with Gasteiger partial charge in [0, 0.05) is 6.07 Å². The molecule has 2 aromatic heterocycles. The fourth-order valence-electron chi connectivity index (χ4n) is 2.30. The van der Waals surface area contributed by atoms with Gasteiger partial charge in [0.2, 0.25) is 5.16 Å². The fourth-order valence-corrected chi connectivity index (χ4v) is 3.05. The molecule has 0 fully saturated rings. The van der Waals surface area contributed by atoms with E-state index in [0.717, 1.165) is 5.56 Å². The minimum Gasteiger partial charge on any atom is -0.497 e. The summed E-state index contributed by atoms with van der Waals surface area (Å²) in [4.78, 5) is 16.1. The zero-order valence-electron chi connectivity index (χ0n) is 14.4. The van der Waals surface area contributed by atoms with Crippen molar-refractivity contribution in [2.24, 2.45) is 0 Å². The number of H-pyrrole nitrogens is 1. The summed E-state index contributed by atoms with van der Waals surface area (Å²) in [6.07, 6.45) is 1.45. The Kier molecular flexibility index (Phi) is 5.47. The van der Waals surface area contributed by atoms with Crippen molar-refractivity contribution in [3.8, 4) is 22.9 Å². The quantitative estimate of drug-likeness (QED) is 0.497. The topological polar surface area (TPSA) is 99.5 Å². The molecule has 3 rings (SSSR count). The molecule has 9 heteroatoms. The number of furan rings is 1. The van der Waals surface area contributed by atoms with E-state index in [1.807, 2.05) is 12.1 Å². The zero-order chi connectivity index (χ0) is 18.5. The largest absolute Gasteiger partial charge is 0.497 e. The summed E-state index contributed by atoms with van der Waals surface area (Å²) in [6, 6.07) is 7.01. The van der Waals surface area contributed by atoms with Crippen LogP contribution in [0.5, 0.6) is 11.5 Å². The maximum Gasteiger partial charge on any atom is 0.341 e. The number of rotatable bonds is 7. The van der Waals surface area contributed by atoms with E-state index in [4.69, 9.17) is 18.6 Å². The number of carbonyl (C=O) groups is 1. The molecular formula is C17H17N3O5S. The molecule has 0 radical (unpaired) electrons. The lowest BCUT2D eigenvalue weighted by atomic mass is 10.2. The van der Waals surface area contributed by atoms with Gasteiger partial charge in [-0.2, -0.15) is 0 Å². The average molecular weight is 375 g/mol. The lowest BCUT2D eigenvalue weighted by molar-refractivity contribution is 0.0598. The maximum atomic E-state index is 11.7. The van der Waals surface area contributed by atoms with Gasteiger partial charge in [-0.05, 0) is 18.2 Å². The molecule has 0 bridgehead atoms. The first-order chi connectivity index (χ1) is 12.7. The number of benzene rings is 1. The van der Waals surface area contributed by atoms with Gasteiger partial charge < -0.3 is 18.6 Å². The molecule has 26 heavy (non-hydrogen) atoms. The van der Waals surface area contributed by atoms with Gasteiger partial charge in [-0.3, -0.25) is 5.10 Å². The molecule has 3 aromatic rings. The van der Waals surface area contributed by atoms with Crippen LogP contribution >= 0.6 is 11.8 Å². The molecular weight excluding hydrogens is 358 g/mol. The molecule has 0 saturated carbocycles. The second-order valence-electron chi connectivity index (χ2n) is 5.07. The second kappa shape index (κ2) is 7.96. The number of hydrogen-bond donors (Lipinski definition) is 1. The van der Waals surface area contributed by atoms with Crippen LogP contribution in [0.3, 0.4) is 0 Å². The van der Waals surface area contributed by atoms with Crippen LogP contribution in [-0.2, 0) is 10.5 Å². The minimum atomic E-state index is -0.437. The highest BCUT2D eigenvalue weighted by molar-refractivity contribution is 7.98. The second-order valence-corrected chi connectivity index (χ2v) is 6.01. The summed E-state index contributed by atoms with van der Waals surface area (Å²) < 4.78 is 20.6. The Morgan fingerprint density at radius 2 is 2.08 bits per heavy atom. The van der Waals surface area contributed by atoms with Crippen molar-refractivity contribution >= 4 is 17.7 Å². The third-order valence-corrected chi connectivity index (χ3v) is 4.46. The van der Waals surface area contributed by atoms with Gasteiger partial charge in [-0.15, -0.1) is 5.10 Å². The molecule has 2 heterocycles. The highest BCUT2D eigenvalue weighted by atomic mass is 32.2. The molecule has 0 aliphatic heterocycles. The third kappa shape index (κ3) is 3.67. The van der Waals surface area contributed by atoms with E-state index in [1.54, 1.807) is 26.4 Å².